The van der Waals surface area contributed by atoms with Crippen LogP contribution in [0.3, 0.4) is 0 Å². The van der Waals surface area contributed by atoms with Gasteiger partial charge in [0.15, 0.2) is 0 Å². The third-order valence-electron chi connectivity index (χ3n) is 4.57. The zero-order valence-corrected chi connectivity index (χ0v) is 17.2. The number of sulfonamides is 1. The molecule has 27 heavy (non-hydrogen) atoms. The van der Waals surface area contributed by atoms with E-state index in [0.29, 0.717) is 5.69 Å². The van der Waals surface area contributed by atoms with E-state index in [1.165, 1.54) is 4.31 Å². The number of carbonyl (C=O) groups is 1. The van der Waals surface area contributed by atoms with Crippen molar-refractivity contribution in [3.8, 4) is 0 Å². The van der Waals surface area contributed by atoms with E-state index in [2.05, 4.69) is 5.32 Å². The summed E-state index contributed by atoms with van der Waals surface area (Å²) < 4.78 is 27.6. The van der Waals surface area contributed by atoms with Crippen LogP contribution in [-0.2, 0) is 14.8 Å². The first kappa shape index (κ1) is 21.0. The summed E-state index contributed by atoms with van der Waals surface area (Å²) in [7, 11) is -3.86. The molecule has 0 atom stereocenters. The van der Waals surface area contributed by atoms with Gasteiger partial charge in [-0.3, -0.25) is 9.10 Å². The molecule has 0 saturated heterocycles. The number of hydrogen-bond donors (Lipinski definition) is 1. The number of rotatable bonds is 8. The van der Waals surface area contributed by atoms with Gasteiger partial charge in [-0.1, -0.05) is 49.2 Å². The first-order valence-corrected chi connectivity index (χ1v) is 10.7. The van der Waals surface area contributed by atoms with Gasteiger partial charge in [-0.25, -0.2) is 8.42 Å². The molecule has 0 radical (unpaired) electrons. The van der Waals surface area contributed by atoms with Crippen LogP contribution in [0, 0.1) is 13.8 Å². The van der Waals surface area contributed by atoms with Crippen molar-refractivity contribution < 1.29 is 13.2 Å². The molecule has 0 fully saturated rings. The molecular weight excluding hydrogens is 360 g/mol. The van der Waals surface area contributed by atoms with Crippen LogP contribution in [0.2, 0.25) is 0 Å². The standard InChI is InChI=1S/C21H28N2O3S/c1-5-18(6-2)22-21(24)15-23(19-11-7-16(3)8-12-19)27(25,26)20-13-9-17(4)10-14-20/h7-14,18H,5-6,15H2,1-4H3,(H,22,24). The number of carbonyl (C=O) groups excluding carboxylic acids is 1. The first-order chi connectivity index (χ1) is 12.8. The fraction of sp³-hybridized carbons (Fsp3) is 0.381. The molecule has 6 heteroatoms. The number of amides is 1. The van der Waals surface area contributed by atoms with Crippen LogP contribution >= 0.6 is 0 Å². The maximum atomic E-state index is 13.2. The van der Waals surface area contributed by atoms with Crippen LogP contribution in [0.1, 0.15) is 37.8 Å². The highest BCUT2D eigenvalue weighted by Gasteiger charge is 2.27. The minimum absolute atomic E-state index is 0.0412. The lowest BCUT2D eigenvalue weighted by molar-refractivity contribution is -0.120. The Morgan fingerprint density at radius 2 is 1.41 bits per heavy atom. The molecule has 0 saturated carbocycles. The molecule has 1 N–H and O–H groups in total. The number of aryl methyl sites for hydroxylation is 2. The van der Waals surface area contributed by atoms with Crippen molar-refractivity contribution in [1.29, 1.82) is 0 Å². The van der Waals surface area contributed by atoms with Gasteiger partial charge in [-0.15, -0.1) is 0 Å². The fourth-order valence-corrected chi connectivity index (χ4v) is 4.18. The number of benzene rings is 2. The van der Waals surface area contributed by atoms with Gasteiger partial charge in [-0.05, 0) is 51.0 Å². The van der Waals surface area contributed by atoms with Crippen molar-refractivity contribution in [2.75, 3.05) is 10.8 Å². The lowest BCUT2D eigenvalue weighted by atomic mass is 10.2. The van der Waals surface area contributed by atoms with Crippen LogP contribution in [0.4, 0.5) is 5.69 Å². The highest BCUT2D eigenvalue weighted by Crippen LogP contribution is 2.24. The van der Waals surface area contributed by atoms with Crippen molar-refractivity contribution in [2.45, 2.75) is 51.5 Å². The summed E-state index contributed by atoms with van der Waals surface area (Å²) in [6.45, 7) is 7.57. The molecule has 1 amide bonds. The second kappa shape index (κ2) is 9.04. The normalized spacial score (nSPS) is 11.4. The van der Waals surface area contributed by atoms with Gasteiger partial charge in [0.25, 0.3) is 10.0 Å². The summed E-state index contributed by atoms with van der Waals surface area (Å²) in [6.07, 6.45) is 1.61. The van der Waals surface area contributed by atoms with Crippen molar-refractivity contribution in [3.05, 3.63) is 59.7 Å². The molecule has 146 valence electrons. The van der Waals surface area contributed by atoms with E-state index in [4.69, 9.17) is 0 Å². The second-order valence-electron chi connectivity index (χ2n) is 6.74. The largest absolute Gasteiger partial charge is 0.352 e. The molecule has 0 aliphatic heterocycles. The number of nitrogens with one attached hydrogen (secondary N) is 1. The van der Waals surface area contributed by atoms with Crippen LogP contribution in [0.15, 0.2) is 53.4 Å². The Morgan fingerprint density at radius 3 is 1.89 bits per heavy atom. The van der Waals surface area contributed by atoms with Gasteiger partial charge >= 0.3 is 0 Å². The number of anilines is 1. The molecule has 0 aliphatic rings. The van der Waals surface area contributed by atoms with Gasteiger partial charge in [0.2, 0.25) is 5.91 Å². The summed E-state index contributed by atoms with van der Waals surface area (Å²) in [6, 6.07) is 13.8. The van der Waals surface area contributed by atoms with Gasteiger partial charge < -0.3 is 5.32 Å². The third kappa shape index (κ3) is 5.32. The predicted molar refractivity (Wildman–Crippen MR) is 109 cm³/mol. The summed E-state index contributed by atoms with van der Waals surface area (Å²) in [5, 5.41) is 2.92. The van der Waals surface area contributed by atoms with E-state index in [0.717, 1.165) is 24.0 Å². The van der Waals surface area contributed by atoms with E-state index in [1.807, 2.05) is 39.8 Å². The molecule has 2 aromatic carbocycles. The average Bonchev–Trinajstić information content (AvgIpc) is 2.65. The zero-order valence-electron chi connectivity index (χ0n) is 16.4. The average molecular weight is 389 g/mol. The van der Waals surface area contributed by atoms with Gasteiger partial charge in [0.1, 0.15) is 6.54 Å². The van der Waals surface area contributed by atoms with Crippen LogP contribution in [-0.4, -0.2) is 26.9 Å². The van der Waals surface area contributed by atoms with Gasteiger partial charge in [0, 0.05) is 6.04 Å². The van der Waals surface area contributed by atoms with Gasteiger partial charge in [-0.2, -0.15) is 0 Å². The maximum Gasteiger partial charge on any atom is 0.264 e. The highest BCUT2D eigenvalue weighted by molar-refractivity contribution is 7.92. The van der Waals surface area contributed by atoms with Crippen molar-refractivity contribution in [1.82, 2.24) is 5.32 Å². The Bertz CT molecular complexity index is 855. The minimum Gasteiger partial charge on any atom is -0.352 e. The van der Waals surface area contributed by atoms with Crippen LogP contribution in [0.5, 0.6) is 0 Å². The van der Waals surface area contributed by atoms with Gasteiger partial charge in [0.05, 0.1) is 10.6 Å². The summed E-state index contributed by atoms with van der Waals surface area (Å²) in [5.41, 5.74) is 2.47. The minimum atomic E-state index is -3.86. The molecule has 0 aliphatic carbocycles. The lowest BCUT2D eigenvalue weighted by Gasteiger charge is -2.25. The molecular formula is C21H28N2O3S. The topological polar surface area (TPSA) is 66.5 Å². The molecule has 0 unspecified atom stereocenters. The summed E-state index contributed by atoms with van der Waals surface area (Å²) >= 11 is 0. The Hall–Kier alpha value is -2.34. The van der Waals surface area contributed by atoms with E-state index in [1.54, 1.807) is 36.4 Å². The Labute approximate surface area is 162 Å². The molecule has 2 rings (SSSR count). The quantitative estimate of drug-likeness (QED) is 0.748. The molecule has 0 spiro atoms. The van der Waals surface area contributed by atoms with Crippen molar-refractivity contribution >= 4 is 21.6 Å². The number of hydrogen-bond acceptors (Lipinski definition) is 3. The second-order valence-corrected chi connectivity index (χ2v) is 8.60. The van der Waals surface area contributed by atoms with E-state index in [-0.39, 0.29) is 23.4 Å². The van der Waals surface area contributed by atoms with E-state index in [9.17, 15) is 13.2 Å². The summed E-state index contributed by atoms with van der Waals surface area (Å²) in [5.74, 6) is -0.306. The first-order valence-electron chi connectivity index (χ1n) is 9.23. The Morgan fingerprint density at radius 1 is 0.926 bits per heavy atom. The summed E-state index contributed by atoms with van der Waals surface area (Å²) in [4.78, 5) is 12.7. The van der Waals surface area contributed by atoms with Crippen molar-refractivity contribution in [2.24, 2.45) is 0 Å². The monoisotopic (exact) mass is 388 g/mol. The Kier molecular flexibility index (Phi) is 7.02. The smallest absolute Gasteiger partial charge is 0.264 e. The lowest BCUT2D eigenvalue weighted by Crippen LogP contribution is -2.44. The molecule has 5 nitrogen and oxygen atoms in total. The molecule has 0 bridgehead atoms. The van der Waals surface area contributed by atoms with E-state index < -0.39 is 10.0 Å². The highest BCUT2D eigenvalue weighted by atomic mass is 32.2. The fourth-order valence-electron chi connectivity index (χ4n) is 2.76. The number of nitrogens with zero attached hydrogens (tertiary/aromatic N) is 1. The third-order valence-corrected chi connectivity index (χ3v) is 6.36. The molecule has 0 aromatic heterocycles. The molecule has 0 heterocycles. The van der Waals surface area contributed by atoms with E-state index >= 15 is 0 Å². The zero-order chi connectivity index (χ0) is 20.0. The van der Waals surface area contributed by atoms with Crippen molar-refractivity contribution in [3.63, 3.8) is 0 Å². The maximum absolute atomic E-state index is 13.2. The van der Waals surface area contributed by atoms with Crippen LogP contribution < -0.4 is 9.62 Å². The predicted octanol–water partition coefficient (Wildman–Crippen LogP) is 3.80. The molecule has 2 aromatic rings. The Balaban J connectivity index is 2.39. The van der Waals surface area contributed by atoms with Crippen LogP contribution in [0.25, 0.3) is 0 Å². The SMILES string of the molecule is CCC(CC)NC(=O)CN(c1ccc(C)cc1)S(=O)(=O)c1ccc(C)cc1.